The first-order chi connectivity index (χ1) is 8.27. The van der Waals surface area contributed by atoms with Crippen molar-refractivity contribution < 1.29 is 22.7 Å². The Morgan fingerprint density at radius 2 is 1.89 bits per heavy atom. The summed E-state index contributed by atoms with van der Waals surface area (Å²) in [5.74, 6) is -1.38. The molecule has 0 bridgehead atoms. The minimum atomic E-state index is -4.73. The first-order valence-corrected chi connectivity index (χ1v) is 5.57. The standard InChI is InChI=1S/C12H15F4NO.ClH/c1-2-3-10(18)11(17)7-4-5-8(9(13)6-7)12(14,15)16;/h4-6,10-11,18H,2-3,17H2,1H3;1H/t10-,11+;/m1./s1. The summed E-state index contributed by atoms with van der Waals surface area (Å²) in [5.41, 5.74) is 4.48. The number of aliphatic hydroxyl groups is 1. The molecule has 0 unspecified atom stereocenters. The summed E-state index contributed by atoms with van der Waals surface area (Å²) < 4.78 is 50.3. The van der Waals surface area contributed by atoms with Gasteiger partial charge in [0.2, 0.25) is 0 Å². The van der Waals surface area contributed by atoms with E-state index in [0.717, 1.165) is 12.1 Å². The lowest BCUT2D eigenvalue weighted by Gasteiger charge is -2.19. The van der Waals surface area contributed by atoms with Gasteiger partial charge in [0.05, 0.1) is 17.7 Å². The monoisotopic (exact) mass is 301 g/mol. The van der Waals surface area contributed by atoms with Crippen molar-refractivity contribution in [3.05, 3.63) is 35.1 Å². The van der Waals surface area contributed by atoms with Crippen LogP contribution in [0.15, 0.2) is 18.2 Å². The SMILES string of the molecule is CCC[C@@H](O)[C@@H](N)c1ccc(C(F)(F)F)c(F)c1.Cl. The molecule has 1 aromatic carbocycles. The van der Waals surface area contributed by atoms with Crippen LogP contribution in [0.5, 0.6) is 0 Å². The molecular weight excluding hydrogens is 286 g/mol. The molecule has 7 heteroatoms. The van der Waals surface area contributed by atoms with Crippen LogP contribution in [0.1, 0.15) is 36.9 Å². The summed E-state index contributed by atoms with van der Waals surface area (Å²) in [5, 5.41) is 9.62. The number of benzene rings is 1. The molecule has 0 fully saturated rings. The molecule has 0 aliphatic heterocycles. The maximum Gasteiger partial charge on any atom is 0.419 e. The van der Waals surface area contributed by atoms with E-state index in [0.29, 0.717) is 18.9 Å². The summed E-state index contributed by atoms with van der Waals surface area (Å²) in [7, 11) is 0. The fourth-order valence-corrected chi connectivity index (χ4v) is 1.67. The Hall–Kier alpha value is -0.850. The van der Waals surface area contributed by atoms with Crippen molar-refractivity contribution in [1.29, 1.82) is 0 Å². The summed E-state index contributed by atoms with van der Waals surface area (Å²) in [6.45, 7) is 1.84. The smallest absolute Gasteiger partial charge is 0.391 e. The number of aliphatic hydroxyl groups excluding tert-OH is 1. The molecule has 0 spiro atoms. The molecule has 2 nitrogen and oxygen atoms in total. The van der Waals surface area contributed by atoms with Crippen molar-refractivity contribution in [2.75, 3.05) is 0 Å². The van der Waals surface area contributed by atoms with E-state index in [2.05, 4.69) is 0 Å². The molecule has 0 aliphatic rings. The van der Waals surface area contributed by atoms with Gasteiger partial charge >= 0.3 is 6.18 Å². The van der Waals surface area contributed by atoms with E-state index in [-0.39, 0.29) is 18.0 Å². The van der Waals surface area contributed by atoms with Crippen molar-refractivity contribution in [1.82, 2.24) is 0 Å². The third kappa shape index (κ3) is 4.63. The van der Waals surface area contributed by atoms with Gasteiger partial charge in [-0.25, -0.2) is 4.39 Å². The van der Waals surface area contributed by atoms with E-state index >= 15 is 0 Å². The van der Waals surface area contributed by atoms with E-state index in [1.165, 1.54) is 0 Å². The highest BCUT2D eigenvalue weighted by Gasteiger charge is 2.34. The predicted octanol–water partition coefficient (Wildman–Crippen LogP) is 3.43. The molecule has 0 heterocycles. The second-order valence-electron chi connectivity index (χ2n) is 4.12. The van der Waals surface area contributed by atoms with Crippen molar-refractivity contribution >= 4 is 12.4 Å². The second-order valence-corrected chi connectivity index (χ2v) is 4.12. The van der Waals surface area contributed by atoms with Crippen LogP contribution < -0.4 is 5.73 Å². The van der Waals surface area contributed by atoms with E-state index in [4.69, 9.17) is 5.73 Å². The Bertz CT molecular complexity index is 411. The summed E-state index contributed by atoms with van der Waals surface area (Å²) in [6.07, 6.45) is -4.54. The topological polar surface area (TPSA) is 46.2 Å². The molecule has 0 radical (unpaired) electrons. The Morgan fingerprint density at radius 1 is 1.32 bits per heavy atom. The highest BCUT2D eigenvalue weighted by molar-refractivity contribution is 5.85. The molecule has 2 atom stereocenters. The first-order valence-electron chi connectivity index (χ1n) is 5.57. The average molecular weight is 302 g/mol. The minimum Gasteiger partial charge on any atom is -0.391 e. The Balaban J connectivity index is 0.00000324. The fourth-order valence-electron chi connectivity index (χ4n) is 1.67. The zero-order valence-corrected chi connectivity index (χ0v) is 11.1. The number of rotatable bonds is 4. The lowest BCUT2D eigenvalue weighted by molar-refractivity contribution is -0.140. The van der Waals surface area contributed by atoms with Gasteiger partial charge in [0, 0.05) is 0 Å². The van der Waals surface area contributed by atoms with Gasteiger partial charge in [-0.3, -0.25) is 0 Å². The fraction of sp³-hybridized carbons (Fsp3) is 0.500. The van der Waals surface area contributed by atoms with Gasteiger partial charge in [-0.05, 0) is 24.1 Å². The van der Waals surface area contributed by atoms with Crippen molar-refractivity contribution in [3.63, 3.8) is 0 Å². The first kappa shape index (κ1) is 18.1. The number of alkyl halides is 3. The van der Waals surface area contributed by atoms with Gasteiger partial charge in [-0.2, -0.15) is 13.2 Å². The Morgan fingerprint density at radius 3 is 2.32 bits per heavy atom. The lowest BCUT2D eigenvalue weighted by atomic mass is 9.98. The van der Waals surface area contributed by atoms with Crippen molar-refractivity contribution in [3.8, 4) is 0 Å². The molecule has 1 rings (SSSR count). The van der Waals surface area contributed by atoms with Crippen LogP contribution in [0, 0.1) is 5.82 Å². The van der Waals surface area contributed by atoms with Crippen LogP contribution in [0.2, 0.25) is 0 Å². The molecule has 0 aromatic heterocycles. The molecule has 1 aromatic rings. The zero-order chi connectivity index (χ0) is 13.9. The van der Waals surface area contributed by atoms with Gasteiger partial charge in [0.15, 0.2) is 0 Å². The molecular formula is C12H16ClF4NO. The van der Waals surface area contributed by atoms with E-state index in [1.807, 2.05) is 6.92 Å². The molecule has 0 aliphatic carbocycles. The maximum atomic E-state index is 13.3. The van der Waals surface area contributed by atoms with E-state index in [1.54, 1.807) is 0 Å². The molecule has 0 saturated heterocycles. The summed E-state index contributed by atoms with van der Waals surface area (Å²) in [6, 6.07) is 1.58. The molecule has 3 N–H and O–H groups in total. The van der Waals surface area contributed by atoms with Crippen LogP contribution in [-0.4, -0.2) is 11.2 Å². The quantitative estimate of drug-likeness (QED) is 0.837. The van der Waals surface area contributed by atoms with Crippen LogP contribution in [0.4, 0.5) is 17.6 Å². The van der Waals surface area contributed by atoms with Crippen LogP contribution >= 0.6 is 12.4 Å². The predicted molar refractivity (Wildman–Crippen MR) is 66.5 cm³/mol. The third-order valence-electron chi connectivity index (χ3n) is 2.68. The van der Waals surface area contributed by atoms with Crippen LogP contribution in [0.3, 0.4) is 0 Å². The van der Waals surface area contributed by atoms with Gasteiger partial charge in [0.1, 0.15) is 5.82 Å². The summed E-state index contributed by atoms with van der Waals surface area (Å²) >= 11 is 0. The van der Waals surface area contributed by atoms with Crippen molar-refractivity contribution in [2.24, 2.45) is 5.73 Å². The average Bonchev–Trinajstić information content (AvgIpc) is 2.26. The Labute approximate surface area is 115 Å². The normalized spacial score (nSPS) is 14.7. The van der Waals surface area contributed by atoms with Gasteiger partial charge < -0.3 is 10.8 Å². The van der Waals surface area contributed by atoms with Gasteiger partial charge in [-0.1, -0.05) is 19.4 Å². The Kier molecular flexibility index (Phi) is 6.76. The number of nitrogens with two attached hydrogens (primary N) is 1. The molecule has 110 valence electrons. The molecule has 0 saturated carbocycles. The highest BCUT2D eigenvalue weighted by atomic mass is 35.5. The van der Waals surface area contributed by atoms with Crippen molar-refractivity contribution in [2.45, 2.75) is 38.1 Å². The van der Waals surface area contributed by atoms with Gasteiger partial charge in [-0.15, -0.1) is 12.4 Å². The van der Waals surface area contributed by atoms with E-state index in [9.17, 15) is 22.7 Å². The van der Waals surface area contributed by atoms with E-state index < -0.39 is 29.7 Å². The third-order valence-corrected chi connectivity index (χ3v) is 2.68. The number of hydrogen-bond acceptors (Lipinski definition) is 2. The molecule has 0 amide bonds. The van der Waals surface area contributed by atoms with Crippen LogP contribution in [-0.2, 0) is 6.18 Å². The minimum absolute atomic E-state index is 0. The summed E-state index contributed by atoms with van der Waals surface area (Å²) in [4.78, 5) is 0. The van der Waals surface area contributed by atoms with Gasteiger partial charge in [0.25, 0.3) is 0 Å². The number of halogens is 5. The maximum absolute atomic E-state index is 13.3. The largest absolute Gasteiger partial charge is 0.419 e. The lowest BCUT2D eigenvalue weighted by Crippen LogP contribution is -2.26. The highest BCUT2D eigenvalue weighted by Crippen LogP contribution is 2.32. The zero-order valence-electron chi connectivity index (χ0n) is 10.2. The number of hydrogen-bond donors (Lipinski definition) is 2. The second kappa shape index (κ2) is 7.07. The molecule has 19 heavy (non-hydrogen) atoms. The van der Waals surface area contributed by atoms with Crippen LogP contribution in [0.25, 0.3) is 0 Å².